The summed E-state index contributed by atoms with van der Waals surface area (Å²) < 4.78 is 0. The maximum atomic E-state index is 12.1. The van der Waals surface area contributed by atoms with E-state index in [1.807, 2.05) is 13.8 Å². The number of amides is 1. The second-order valence-electron chi connectivity index (χ2n) is 3.91. The van der Waals surface area contributed by atoms with Crippen molar-refractivity contribution in [3.63, 3.8) is 0 Å². The second kappa shape index (κ2) is 5.39. The second-order valence-corrected chi connectivity index (χ2v) is 5.54. The average molecular weight is 292 g/mol. The number of rotatable bonds is 2. The summed E-state index contributed by atoms with van der Waals surface area (Å²) in [5.41, 5.74) is 1.73. The molecule has 0 atom stereocenters. The number of aromatic nitrogens is 1. The van der Waals surface area contributed by atoms with Gasteiger partial charge in [0, 0.05) is 17.3 Å². The van der Waals surface area contributed by atoms with Crippen molar-refractivity contribution in [2.24, 2.45) is 0 Å². The van der Waals surface area contributed by atoms with Crippen LogP contribution in [0.25, 0.3) is 0 Å². The molecule has 0 aliphatic rings. The van der Waals surface area contributed by atoms with Gasteiger partial charge in [0.2, 0.25) is 0 Å². The predicted molar refractivity (Wildman–Crippen MR) is 75.7 cm³/mol. The van der Waals surface area contributed by atoms with Crippen molar-refractivity contribution in [3.8, 4) is 6.07 Å². The monoisotopic (exact) mass is 291 g/mol. The molecule has 19 heavy (non-hydrogen) atoms. The molecule has 2 rings (SSSR count). The third-order valence-electron chi connectivity index (χ3n) is 2.74. The van der Waals surface area contributed by atoms with Crippen LogP contribution in [-0.4, -0.2) is 10.9 Å². The largest absolute Gasteiger partial charge is 0.312 e. The first-order valence-corrected chi connectivity index (χ1v) is 6.65. The molecule has 0 aromatic carbocycles. The van der Waals surface area contributed by atoms with E-state index in [-0.39, 0.29) is 10.9 Å². The van der Waals surface area contributed by atoms with Crippen molar-refractivity contribution >= 4 is 33.8 Å². The molecular weight excluding hydrogens is 282 g/mol. The van der Waals surface area contributed by atoms with Gasteiger partial charge in [-0.25, -0.2) is 0 Å². The smallest absolute Gasteiger partial charge is 0.257 e. The van der Waals surface area contributed by atoms with E-state index in [0.717, 1.165) is 10.4 Å². The first-order valence-electron chi connectivity index (χ1n) is 5.45. The lowest BCUT2D eigenvalue weighted by atomic mass is 10.2. The number of nitrogens with zero attached hydrogens (tertiary/aromatic N) is 2. The Morgan fingerprint density at radius 2 is 2.26 bits per heavy atom. The number of carbonyl (C=O) groups is 1. The van der Waals surface area contributed by atoms with Gasteiger partial charge < -0.3 is 5.32 Å². The lowest BCUT2D eigenvalue weighted by molar-refractivity contribution is 0.102. The summed E-state index contributed by atoms with van der Waals surface area (Å²) in [6.07, 6.45) is 2.91. The van der Waals surface area contributed by atoms with Crippen LogP contribution in [0.2, 0.25) is 5.02 Å². The lowest BCUT2D eigenvalue weighted by Gasteiger charge is -2.04. The van der Waals surface area contributed by atoms with E-state index in [4.69, 9.17) is 16.9 Å². The Bertz CT molecular complexity index is 688. The Balaban J connectivity index is 2.33. The van der Waals surface area contributed by atoms with Crippen LogP contribution in [0.1, 0.15) is 26.4 Å². The summed E-state index contributed by atoms with van der Waals surface area (Å²) >= 11 is 7.29. The minimum absolute atomic E-state index is 0.281. The number of aryl methyl sites for hydroxylation is 1. The minimum Gasteiger partial charge on any atom is -0.312 e. The highest BCUT2D eigenvalue weighted by Crippen LogP contribution is 2.32. The maximum absolute atomic E-state index is 12.1. The van der Waals surface area contributed by atoms with E-state index < -0.39 is 0 Å². The fraction of sp³-hybridized carbons (Fsp3) is 0.154. The summed E-state index contributed by atoms with van der Waals surface area (Å²) in [6, 6.07) is 3.65. The first kappa shape index (κ1) is 13.5. The molecule has 0 saturated carbocycles. The number of carbonyl (C=O) groups excluding carboxylic acids is 1. The standard InChI is InChI=1S/C13H10ClN3OS/c1-7-8(2)19-13(10(7)5-15)17-12(18)9-3-4-16-6-11(9)14/h3-4,6H,1-2H3,(H,17,18). The van der Waals surface area contributed by atoms with Crippen LogP contribution in [0.5, 0.6) is 0 Å². The molecule has 1 N–H and O–H groups in total. The highest BCUT2D eigenvalue weighted by Gasteiger charge is 2.16. The summed E-state index contributed by atoms with van der Waals surface area (Å²) in [4.78, 5) is 16.9. The molecule has 4 nitrogen and oxygen atoms in total. The van der Waals surface area contributed by atoms with E-state index in [0.29, 0.717) is 16.1 Å². The van der Waals surface area contributed by atoms with Crippen LogP contribution in [-0.2, 0) is 0 Å². The van der Waals surface area contributed by atoms with Crippen molar-refractivity contribution in [2.45, 2.75) is 13.8 Å². The van der Waals surface area contributed by atoms with Crippen LogP contribution in [0.15, 0.2) is 18.5 Å². The zero-order chi connectivity index (χ0) is 14.0. The Morgan fingerprint density at radius 3 is 2.89 bits per heavy atom. The topological polar surface area (TPSA) is 65.8 Å². The molecule has 2 aromatic rings. The van der Waals surface area contributed by atoms with Gasteiger partial charge in [0.25, 0.3) is 5.91 Å². The quantitative estimate of drug-likeness (QED) is 0.920. The molecule has 2 aromatic heterocycles. The zero-order valence-electron chi connectivity index (χ0n) is 10.3. The number of hydrogen-bond donors (Lipinski definition) is 1. The minimum atomic E-state index is -0.342. The van der Waals surface area contributed by atoms with Gasteiger partial charge in [0.1, 0.15) is 11.1 Å². The molecule has 0 unspecified atom stereocenters. The number of pyridine rings is 1. The van der Waals surface area contributed by atoms with E-state index in [2.05, 4.69) is 16.4 Å². The summed E-state index contributed by atoms with van der Waals surface area (Å²) in [5.74, 6) is -0.342. The molecular formula is C13H10ClN3OS. The molecule has 6 heteroatoms. The van der Waals surface area contributed by atoms with Crippen molar-refractivity contribution < 1.29 is 4.79 Å². The molecule has 0 aliphatic heterocycles. The number of nitriles is 1. The molecule has 0 aliphatic carbocycles. The molecule has 0 saturated heterocycles. The fourth-order valence-electron chi connectivity index (χ4n) is 1.58. The molecule has 96 valence electrons. The van der Waals surface area contributed by atoms with Crippen molar-refractivity contribution in [1.29, 1.82) is 5.26 Å². The summed E-state index contributed by atoms with van der Waals surface area (Å²) in [6.45, 7) is 3.77. The van der Waals surface area contributed by atoms with Crippen molar-refractivity contribution in [2.75, 3.05) is 5.32 Å². The zero-order valence-corrected chi connectivity index (χ0v) is 11.9. The molecule has 0 spiro atoms. The van der Waals surface area contributed by atoms with Gasteiger partial charge in [-0.05, 0) is 25.5 Å². The van der Waals surface area contributed by atoms with Crippen molar-refractivity contribution in [3.05, 3.63) is 45.1 Å². The van der Waals surface area contributed by atoms with Crippen molar-refractivity contribution in [1.82, 2.24) is 4.98 Å². The van der Waals surface area contributed by atoms with Crippen LogP contribution < -0.4 is 5.32 Å². The molecule has 2 heterocycles. The summed E-state index contributed by atoms with van der Waals surface area (Å²) in [7, 11) is 0. The van der Waals surface area contributed by atoms with Gasteiger partial charge in [0.05, 0.1) is 16.1 Å². The Morgan fingerprint density at radius 1 is 1.53 bits per heavy atom. The molecule has 0 fully saturated rings. The third-order valence-corrected chi connectivity index (χ3v) is 4.17. The molecule has 0 radical (unpaired) electrons. The highest BCUT2D eigenvalue weighted by atomic mass is 35.5. The number of halogens is 1. The Kier molecular flexibility index (Phi) is 3.84. The Hall–Kier alpha value is -1.90. The van der Waals surface area contributed by atoms with Crippen LogP contribution in [0.4, 0.5) is 5.00 Å². The third kappa shape index (κ3) is 2.60. The number of anilines is 1. The van der Waals surface area contributed by atoms with E-state index in [1.54, 1.807) is 0 Å². The maximum Gasteiger partial charge on any atom is 0.257 e. The van der Waals surface area contributed by atoms with Gasteiger partial charge in [-0.3, -0.25) is 9.78 Å². The van der Waals surface area contributed by atoms with E-state index >= 15 is 0 Å². The van der Waals surface area contributed by atoms with Crippen LogP contribution >= 0.6 is 22.9 Å². The molecule has 0 bridgehead atoms. The van der Waals surface area contributed by atoms with Gasteiger partial charge in [-0.2, -0.15) is 5.26 Å². The predicted octanol–water partition coefficient (Wildman–Crippen LogP) is 3.54. The number of nitrogens with one attached hydrogen (secondary N) is 1. The van der Waals surface area contributed by atoms with E-state index in [9.17, 15) is 4.79 Å². The Labute approximate surface area is 119 Å². The lowest BCUT2D eigenvalue weighted by Crippen LogP contribution is -2.12. The SMILES string of the molecule is Cc1sc(NC(=O)c2ccncc2Cl)c(C#N)c1C. The normalized spacial score (nSPS) is 10.0. The van der Waals surface area contributed by atoms with Gasteiger partial charge in [0.15, 0.2) is 0 Å². The van der Waals surface area contributed by atoms with Gasteiger partial charge in [-0.1, -0.05) is 11.6 Å². The average Bonchev–Trinajstić information content (AvgIpc) is 2.64. The number of hydrogen-bond acceptors (Lipinski definition) is 4. The van der Waals surface area contributed by atoms with E-state index in [1.165, 1.54) is 29.8 Å². The van der Waals surface area contributed by atoms with Crippen LogP contribution in [0.3, 0.4) is 0 Å². The van der Waals surface area contributed by atoms with Gasteiger partial charge in [-0.15, -0.1) is 11.3 Å². The van der Waals surface area contributed by atoms with Gasteiger partial charge >= 0.3 is 0 Å². The summed E-state index contributed by atoms with van der Waals surface area (Å²) in [5, 5.41) is 12.7. The number of thiophene rings is 1. The first-order chi connectivity index (χ1) is 9.04. The molecule has 1 amide bonds. The highest BCUT2D eigenvalue weighted by molar-refractivity contribution is 7.16. The fourth-order valence-corrected chi connectivity index (χ4v) is 2.79. The van der Waals surface area contributed by atoms with Crippen LogP contribution in [0, 0.1) is 25.2 Å².